The number of benzene rings is 1. The van der Waals surface area contributed by atoms with Crippen LogP contribution in [0.15, 0.2) is 24.3 Å². The van der Waals surface area contributed by atoms with Crippen LogP contribution in [0.5, 0.6) is 5.75 Å². The molecule has 0 bridgehead atoms. The Bertz CT molecular complexity index is 368. The Balaban J connectivity index is 2.37. The highest BCUT2D eigenvalue weighted by Gasteiger charge is 2.08. The van der Waals surface area contributed by atoms with Gasteiger partial charge in [-0.1, -0.05) is 19.4 Å². The van der Waals surface area contributed by atoms with Gasteiger partial charge in [-0.3, -0.25) is 4.79 Å². The van der Waals surface area contributed by atoms with E-state index in [1.54, 1.807) is 24.1 Å². The molecule has 1 aromatic rings. The van der Waals surface area contributed by atoms with E-state index in [9.17, 15) is 9.18 Å². The Hall–Kier alpha value is -1.58. The molecule has 0 fully saturated rings. The van der Waals surface area contributed by atoms with Crippen molar-refractivity contribution in [2.75, 3.05) is 20.2 Å². The highest BCUT2D eigenvalue weighted by atomic mass is 19.1. The summed E-state index contributed by atoms with van der Waals surface area (Å²) in [5.41, 5.74) is 0. The third-order valence-electron chi connectivity index (χ3n) is 2.43. The number of carbonyl (C=O) groups is 1. The molecule has 0 saturated carbocycles. The third-order valence-corrected chi connectivity index (χ3v) is 2.43. The average molecular weight is 239 g/mol. The zero-order chi connectivity index (χ0) is 12.7. The molecule has 0 heterocycles. The lowest BCUT2D eigenvalue weighted by molar-refractivity contribution is -0.132. The molecular formula is C13H18FNO2. The Morgan fingerprint density at radius 2 is 2.24 bits per heavy atom. The zero-order valence-corrected chi connectivity index (χ0v) is 10.3. The van der Waals surface area contributed by atoms with Gasteiger partial charge in [-0.2, -0.15) is 0 Å². The average Bonchev–Trinajstić information content (AvgIpc) is 2.33. The molecule has 94 valence electrons. The lowest BCUT2D eigenvalue weighted by atomic mass is 10.3. The first kappa shape index (κ1) is 13.5. The second kappa shape index (κ2) is 6.89. The quantitative estimate of drug-likeness (QED) is 0.763. The molecule has 3 nitrogen and oxygen atoms in total. The molecular weight excluding hydrogens is 221 g/mol. The van der Waals surface area contributed by atoms with Crippen LogP contribution in [-0.2, 0) is 4.79 Å². The smallest absolute Gasteiger partial charge is 0.260 e. The van der Waals surface area contributed by atoms with Gasteiger partial charge in [-0.25, -0.2) is 4.39 Å². The fourth-order valence-electron chi connectivity index (χ4n) is 1.33. The van der Waals surface area contributed by atoms with Gasteiger partial charge in [-0.15, -0.1) is 0 Å². The van der Waals surface area contributed by atoms with Crippen molar-refractivity contribution in [3.63, 3.8) is 0 Å². The van der Waals surface area contributed by atoms with Crippen LogP contribution in [0, 0.1) is 5.82 Å². The molecule has 0 radical (unpaired) electrons. The maximum Gasteiger partial charge on any atom is 0.260 e. The van der Waals surface area contributed by atoms with Gasteiger partial charge < -0.3 is 9.64 Å². The van der Waals surface area contributed by atoms with E-state index in [4.69, 9.17) is 4.74 Å². The van der Waals surface area contributed by atoms with Crippen molar-refractivity contribution in [2.45, 2.75) is 19.8 Å². The predicted octanol–water partition coefficient (Wildman–Crippen LogP) is 2.46. The van der Waals surface area contributed by atoms with E-state index in [0.29, 0.717) is 5.75 Å². The van der Waals surface area contributed by atoms with E-state index in [0.717, 1.165) is 19.4 Å². The number of ether oxygens (including phenoxy) is 1. The van der Waals surface area contributed by atoms with Crippen molar-refractivity contribution >= 4 is 5.91 Å². The number of halogens is 1. The van der Waals surface area contributed by atoms with E-state index in [-0.39, 0.29) is 18.3 Å². The summed E-state index contributed by atoms with van der Waals surface area (Å²) in [4.78, 5) is 13.2. The topological polar surface area (TPSA) is 29.5 Å². The monoisotopic (exact) mass is 239 g/mol. The molecule has 1 rings (SSSR count). The van der Waals surface area contributed by atoms with Crippen LogP contribution in [0.4, 0.5) is 4.39 Å². The lowest BCUT2D eigenvalue weighted by Crippen LogP contribution is -2.32. The van der Waals surface area contributed by atoms with Gasteiger partial charge in [-0.05, 0) is 18.6 Å². The highest BCUT2D eigenvalue weighted by Crippen LogP contribution is 2.11. The van der Waals surface area contributed by atoms with E-state index in [1.807, 2.05) is 0 Å². The molecule has 0 aliphatic carbocycles. The summed E-state index contributed by atoms with van der Waals surface area (Å²) in [6, 6.07) is 5.78. The highest BCUT2D eigenvalue weighted by molar-refractivity contribution is 5.77. The summed E-state index contributed by atoms with van der Waals surface area (Å²) in [7, 11) is 1.74. The number of hydrogen-bond acceptors (Lipinski definition) is 2. The number of amides is 1. The van der Waals surface area contributed by atoms with Crippen molar-refractivity contribution in [1.29, 1.82) is 0 Å². The van der Waals surface area contributed by atoms with Crippen LogP contribution < -0.4 is 4.74 Å². The van der Waals surface area contributed by atoms with Crippen LogP contribution >= 0.6 is 0 Å². The summed E-state index contributed by atoms with van der Waals surface area (Å²) in [6.07, 6.45) is 2.02. The zero-order valence-electron chi connectivity index (χ0n) is 10.3. The van der Waals surface area contributed by atoms with Gasteiger partial charge in [0.05, 0.1) is 0 Å². The van der Waals surface area contributed by atoms with Gasteiger partial charge >= 0.3 is 0 Å². The van der Waals surface area contributed by atoms with E-state index in [2.05, 4.69) is 6.92 Å². The van der Waals surface area contributed by atoms with Crippen molar-refractivity contribution in [3.05, 3.63) is 30.1 Å². The second-order valence-electron chi connectivity index (χ2n) is 3.91. The minimum Gasteiger partial charge on any atom is -0.484 e. The standard InChI is InChI=1S/C13H18FNO2/c1-3-4-8-15(2)13(16)10-17-12-7-5-6-11(14)9-12/h5-7,9H,3-4,8,10H2,1-2H3. The summed E-state index contributed by atoms with van der Waals surface area (Å²) in [5, 5.41) is 0. The molecule has 0 spiro atoms. The molecule has 0 saturated heterocycles. The molecule has 17 heavy (non-hydrogen) atoms. The molecule has 0 aliphatic rings. The lowest BCUT2D eigenvalue weighted by Gasteiger charge is -2.16. The number of likely N-dealkylation sites (N-methyl/N-ethyl adjacent to an activating group) is 1. The number of hydrogen-bond donors (Lipinski definition) is 0. The SMILES string of the molecule is CCCCN(C)C(=O)COc1cccc(F)c1. The number of rotatable bonds is 6. The normalized spacial score (nSPS) is 10.1. The molecule has 4 heteroatoms. The minimum atomic E-state index is -0.366. The van der Waals surface area contributed by atoms with Crippen LogP contribution in [0.2, 0.25) is 0 Å². The van der Waals surface area contributed by atoms with E-state index < -0.39 is 0 Å². The fraction of sp³-hybridized carbons (Fsp3) is 0.462. The molecule has 0 N–H and O–H groups in total. The number of nitrogens with zero attached hydrogens (tertiary/aromatic N) is 1. The predicted molar refractivity (Wildman–Crippen MR) is 64.4 cm³/mol. The van der Waals surface area contributed by atoms with Crippen LogP contribution in [0.3, 0.4) is 0 Å². The second-order valence-corrected chi connectivity index (χ2v) is 3.91. The Labute approximate surface area is 101 Å². The van der Waals surface area contributed by atoms with Crippen LogP contribution in [0.25, 0.3) is 0 Å². The number of unbranched alkanes of at least 4 members (excludes halogenated alkanes) is 1. The summed E-state index contributed by atoms with van der Waals surface area (Å²) in [6.45, 7) is 2.74. The van der Waals surface area contributed by atoms with Gasteiger partial charge in [0, 0.05) is 19.7 Å². The van der Waals surface area contributed by atoms with Crippen molar-refractivity contribution in [3.8, 4) is 5.75 Å². The minimum absolute atomic E-state index is 0.0519. The Kier molecular flexibility index (Phi) is 5.46. The molecule has 0 aliphatic heterocycles. The molecule has 0 atom stereocenters. The van der Waals surface area contributed by atoms with Crippen molar-refractivity contribution < 1.29 is 13.9 Å². The van der Waals surface area contributed by atoms with Crippen LogP contribution in [0.1, 0.15) is 19.8 Å². The first-order valence-electron chi connectivity index (χ1n) is 5.75. The maximum atomic E-state index is 12.8. The fourth-order valence-corrected chi connectivity index (χ4v) is 1.33. The molecule has 0 unspecified atom stereocenters. The first-order valence-corrected chi connectivity index (χ1v) is 5.75. The molecule has 1 amide bonds. The van der Waals surface area contributed by atoms with Gasteiger partial charge in [0.1, 0.15) is 11.6 Å². The largest absolute Gasteiger partial charge is 0.484 e. The van der Waals surface area contributed by atoms with Crippen molar-refractivity contribution in [2.24, 2.45) is 0 Å². The van der Waals surface area contributed by atoms with Gasteiger partial charge in [0.15, 0.2) is 6.61 Å². The molecule has 0 aromatic heterocycles. The van der Waals surface area contributed by atoms with Crippen LogP contribution in [-0.4, -0.2) is 31.0 Å². The van der Waals surface area contributed by atoms with E-state index >= 15 is 0 Å². The summed E-state index contributed by atoms with van der Waals surface area (Å²) in [5.74, 6) is -0.0840. The third kappa shape index (κ3) is 4.85. The molecule has 1 aromatic carbocycles. The van der Waals surface area contributed by atoms with Gasteiger partial charge in [0.2, 0.25) is 0 Å². The summed E-state index contributed by atoms with van der Waals surface area (Å²) < 4.78 is 18.1. The first-order chi connectivity index (χ1) is 8.13. The Morgan fingerprint density at radius 1 is 1.47 bits per heavy atom. The summed E-state index contributed by atoms with van der Waals surface area (Å²) >= 11 is 0. The van der Waals surface area contributed by atoms with E-state index in [1.165, 1.54) is 12.1 Å². The van der Waals surface area contributed by atoms with Crippen molar-refractivity contribution in [1.82, 2.24) is 4.90 Å². The maximum absolute atomic E-state index is 12.8. The Morgan fingerprint density at radius 3 is 2.88 bits per heavy atom. The number of carbonyl (C=O) groups excluding carboxylic acids is 1. The van der Waals surface area contributed by atoms with Gasteiger partial charge in [0.25, 0.3) is 5.91 Å².